The highest BCUT2D eigenvalue weighted by Crippen LogP contribution is 2.20. The van der Waals surface area contributed by atoms with Gasteiger partial charge in [-0.1, -0.05) is 12.1 Å². The van der Waals surface area contributed by atoms with Crippen LogP contribution in [0, 0.1) is 17.0 Å². The molecule has 0 aromatic heterocycles. The molecule has 1 saturated heterocycles. The molecule has 7 heteroatoms. The fourth-order valence-corrected chi connectivity index (χ4v) is 3.98. The number of nitrogens with one attached hydrogen (secondary N) is 2. The lowest BCUT2D eigenvalue weighted by Crippen LogP contribution is -3.11. The van der Waals surface area contributed by atoms with Crippen molar-refractivity contribution in [2.75, 3.05) is 38.6 Å². The number of rotatable bonds is 7. The zero-order valence-corrected chi connectivity index (χ0v) is 17.3. The van der Waals surface area contributed by atoms with Crippen LogP contribution in [0.5, 0.6) is 0 Å². The van der Waals surface area contributed by atoms with E-state index in [1.807, 2.05) is 14.1 Å². The first-order valence-electron chi connectivity index (χ1n) is 10.0. The summed E-state index contributed by atoms with van der Waals surface area (Å²) in [7, 11) is 4.04. The number of hydrogen-bond donors (Lipinski definition) is 2. The van der Waals surface area contributed by atoms with E-state index in [1.54, 1.807) is 13.0 Å². The van der Waals surface area contributed by atoms with Gasteiger partial charge in [0.2, 0.25) is 0 Å². The third-order valence-corrected chi connectivity index (χ3v) is 5.67. The molecule has 29 heavy (non-hydrogen) atoms. The maximum absolute atomic E-state index is 12.7. The Labute approximate surface area is 171 Å². The molecule has 1 atom stereocenters. The number of carbonyl (C=O) groups is 1. The number of anilines is 1. The Morgan fingerprint density at radius 3 is 2.38 bits per heavy atom. The van der Waals surface area contributed by atoms with Crippen molar-refractivity contribution < 1.29 is 14.6 Å². The summed E-state index contributed by atoms with van der Waals surface area (Å²) in [5, 5.41) is 14.0. The summed E-state index contributed by atoms with van der Waals surface area (Å²) in [6.07, 6.45) is 2.41. The smallest absolute Gasteiger partial charge is 0.272 e. The Morgan fingerprint density at radius 1 is 1.17 bits per heavy atom. The van der Waals surface area contributed by atoms with Gasteiger partial charge in [-0.25, -0.2) is 0 Å². The largest absolute Gasteiger partial charge is 0.378 e. The molecule has 0 aliphatic carbocycles. The van der Waals surface area contributed by atoms with Crippen LogP contribution in [0.1, 0.15) is 40.4 Å². The van der Waals surface area contributed by atoms with E-state index in [1.165, 1.54) is 35.4 Å². The van der Waals surface area contributed by atoms with Crippen LogP contribution in [-0.2, 0) is 0 Å². The van der Waals surface area contributed by atoms with Crippen molar-refractivity contribution >= 4 is 17.3 Å². The molecule has 2 aromatic rings. The summed E-state index contributed by atoms with van der Waals surface area (Å²) in [6.45, 7) is 4.39. The second-order valence-electron chi connectivity index (χ2n) is 7.87. The number of nitro benzene ring substituents is 1. The molecule has 1 aliphatic rings. The van der Waals surface area contributed by atoms with E-state index in [9.17, 15) is 14.9 Å². The normalized spacial score (nSPS) is 15.1. The monoisotopic (exact) mass is 397 g/mol. The summed E-state index contributed by atoms with van der Waals surface area (Å²) < 4.78 is 0. The van der Waals surface area contributed by atoms with Crippen molar-refractivity contribution in [2.45, 2.75) is 25.8 Å². The second-order valence-corrected chi connectivity index (χ2v) is 7.87. The van der Waals surface area contributed by atoms with Crippen LogP contribution in [-0.4, -0.2) is 44.6 Å². The molecule has 2 aromatic carbocycles. The van der Waals surface area contributed by atoms with Crippen LogP contribution in [0.4, 0.5) is 11.4 Å². The van der Waals surface area contributed by atoms with Crippen LogP contribution in [0.3, 0.4) is 0 Å². The molecule has 0 bridgehead atoms. The lowest BCUT2D eigenvalue weighted by Gasteiger charge is -2.26. The van der Waals surface area contributed by atoms with Gasteiger partial charge in [0.15, 0.2) is 0 Å². The zero-order valence-electron chi connectivity index (χ0n) is 17.3. The molecule has 154 valence electrons. The van der Waals surface area contributed by atoms with E-state index in [0.29, 0.717) is 17.7 Å². The number of benzene rings is 2. The number of nitrogens with zero attached hydrogens (tertiary/aromatic N) is 2. The summed E-state index contributed by atoms with van der Waals surface area (Å²) in [5.74, 6) is -0.198. The van der Waals surface area contributed by atoms with Gasteiger partial charge < -0.3 is 15.1 Å². The van der Waals surface area contributed by atoms with Gasteiger partial charge in [-0.2, -0.15) is 0 Å². The minimum atomic E-state index is -0.429. The van der Waals surface area contributed by atoms with Crippen molar-refractivity contribution in [1.82, 2.24) is 5.32 Å². The van der Waals surface area contributed by atoms with Crippen LogP contribution in [0.15, 0.2) is 42.5 Å². The molecule has 0 unspecified atom stereocenters. The molecular weight excluding hydrogens is 368 g/mol. The summed E-state index contributed by atoms with van der Waals surface area (Å²) >= 11 is 0. The van der Waals surface area contributed by atoms with Gasteiger partial charge in [0.1, 0.15) is 6.04 Å². The van der Waals surface area contributed by atoms with Crippen molar-refractivity contribution in [3.63, 3.8) is 0 Å². The van der Waals surface area contributed by atoms with Crippen LogP contribution >= 0.6 is 0 Å². The van der Waals surface area contributed by atoms with Gasteiger partial charge in [0, 0.05) is 55.4 Å². The number of aryl methyl sites for hydroxylation is 1. The minimum absolute atomic E-state index is 0.0296. The van der Waals surface area contributed by atoms with E-state index in [4.69, 9.17) is 0 Å². The number of nitro groups is 1. The molecular formula is C22H29N4O3+. The second kappa shape index (κ2) is 9.05. The number of quaternary nitrogens is 1. The molecule has 1 amide bonds. The Kier molecular flexibility index (Phi) is 6.49. The summed E-state index contributed by atoms with van der Waals surface area (Å²) in [5.41, 5.74) is 3.33. The van der Waals surface area contributed by atoms with Gasteiger partial charge in [0.25, 0.3) is 11.6 Å². The Bertz CT molecular complexity index is 874. The SMILES string of the molecule is Cc1cc(C(=O)NC[C@@H](c2ccc(N(C)C)cc2)[NH+]2CCCC2)ccc1[N+](=O)[O-]. The topological polar surface area (TPSA) is 79.9 Å². The van der Waals surface area contributed by atoms with E-state index in [-0.39, 0.29) is 17.6 Å². The summed E-state index contributed by atoms with van der Waals surface area (Å²) in [4.78, 5) is 26.8. The van der Waals surface area contributed by atoms with Crippen molar-refractivity contribution in [3.8, 4) is 0 Å². The Balaban J connectivity index is 1.73. The number of hydrogen-bond acceptors (Lipinski definition) is 4. The predicted molar refractivity (Wildman–Crippen MR) is 114 cm³/mol. The zero-order chi connectivity index (χ0) is 21.0. The predicted octanol–water partition coefficient (Wildman–Crippen LogP) is 2.12. The Hall–Kier alpha value is -2.93. The standard InChI is InChI=1S/C22H28N4O3/c1-16-14-18(8-11-20(16)26(28)29)22(27)23-15-21(25-12-4-5-13-25)17-6-9-19(10-7-17)24(2)3/h6-11,14,21H,4-5,12-13,15H2,1-3H3,(H,23,27)/p+1/t21-/m0/s1. The average Bonchev–Trinajstić information content (AvgIpc) is 3.22. The first kappa shape index (κ1) is 20.8. The number of carbonyl (C=O) groups excluding carboxylic acids is 1. The third kappa shape index (κ3) is 4.92. The maximum atomic E-state index is 12.7. The van der Waals surface area contributed by atoms with Gasteiger partial charge in [-0.3, -0.25) is 14.9 Å². The highest BCUT2D eigenvalue weighted by Gasteiger charge is 2.28. The van der Waals surface area contributed by atoms with Crippen LogP contribution in [0.25, 0.3) is 0 Å². The third-order valence-electron chi connectivity index (χ3n) is 5.67. The van der Waals surface area contributed by atoms with E-state index in [2.05, 4.69) is 34.5 Å². The molecule has 1 fully saturated rings. The number of likely N-dealkylation sites (tertiary alicyclic amines) is 1. The van der Waals surface area contributed by atoms with Crippen LogP contribution in [0.2, 0.25) is 0 Å². The fourth-order valence-electron chi connectivity index (χ4n) is 3.98. The lowest BCUT2D eigenvalue weighted by atomic mass is 10.0. The van der Waals surface area contributed by atoms with Gasteiger partial charge in [-0.05, 0) is 31.2 Å². The van der Waals surface area contributed by atoms with E-state index >= 15 is 0 Å². The Morgan fingerprint density at radius 2 is 1.83 bits per heavy atom. The quantitative estimate of drug-likeness (QED) is 0.554. The molecule has 3 rings (SSSR count). The van der Waals surface area contributed by atoms with Gasteiger partial charge in [0.05, 0.1) is 24.6 Å². The van der Waals surface area contributed by atoms with Gasteiger partial charge >= 0.3 is 0 Å². The van der Waals surface area contributed by atoms with Gasteiger partial charge in [-0.15, -0.1) is 0 Å². The highest BCUT2D eigenvalue weighted by atomic mass is 16.6. The fraction of sp³-hybridized carbons (Fsp3) is 0.409. The average molecular weight is 397 g/mol. The molecule has 0 saturated carbocycles. The molecule has 7 nitrogen and oxygen atoms in total. The van der Waals surface area contributed by atoms with Crippen molar-refractivity contribution in [2.24, 2.45) is 0 Å². The lowest BCUT2D eigenvalue weighted by molar-refractivity contribution is -0.918. The maximum Gasteiger partial charge on any atom is 0.272 e. The van der Waals surface area contributed by atoms with Crippen molar-refractivity contribution in [3.05, 3.63) is 69.3 Å². The molecule has 2 N–H and O–H groups in total. The molecule has 1 aliphatic heterocycles. The minimum Gasteiger partial charge on any atom is -0.378 e. The summed E-state index contributed by atoms with van der Waals surface area (Å²) in [6, 6.07) is 13.2. The van der Waals surface area contributed by atoms with E-state index in [0.717, 1.165) is 18.8 Å². The first-order chi connectivity index (χ1) is 13.9. The molecule has 0 radical (unpaired) electrons. The van der Waals surface area contributed by atoms with E-state index < -0.39 is 4.92 Å². The van der Waals surface area contributed by atoms with Crippen molar-refractivity contribution in [1.29, 1.82) is 0 Å². The molecule has 0 spiro atoms. The molecule has 1 heterocycles. The number of amides is 1. The highest BCUT2D eigenvalue weighted by molar-refractivity contribution is 5.94. The first-order valence-corrected chi connectivity index (χ1v) is 10.0. The van der Waals surface area contributed by atoms with Crippen LogP contribution < -0.4 is 15.1 Å².